The fourth-order valence-electron chi connectivity index (χ4n) is 5.49. The van der Waals surface area contributed by atoms with E-state index in [2.05, 4.69) is 0 Å². The molecule has 0 heterocycles. The lowest BCUT2D eigenvalue weighted by Crippen LogP contribution is -2.62. The first-order valence-electron chi connectivity index (χ1n) is 8.27. The van der Waals surface area contributed by atoms with Crippen molar-refractivity contribution in [1.82, 2.24) is 0 Å². The van der Waals surface area contributed by atoms with Crippen LogP contribution >= 0.6 is 0 Å². The van der Waals surface area contributed by atoms with E-state index in [9.17, 15) is 43.2 Å². The highest BCUT2D eigenvalue weighted by molar-refractivity contribution is 7.92. The Morgan fingerprint density at radius 1 is 0.778 bits per heavy atom. The molecular weight excluding hydrogens is 426 g/mol. The second kappa shape index (κ2) is 5.74. The minimum Gasteiger partial charge on any atom is -0.281 e. The van der Waals surface area contributed by atoms with E-state index in [1.54, 1.807) is 0 Å². The zero-order valence-corrected chi connectivity index (χ0v) is 15.5. The van der Waals surface area contributed by atoms with Gasteiger partial charge in [0, 0.05) is 0 Å². The van der Waals surface area contributed by atoms with Gasteiger partial charge in [0.05, 0.1) is 5.75 Å². The molecule has 0 saturated heterocycles. The smallest absolute Gasteiger partial charge is 0.281 e. The monoisotopic (exact) mass is 444 g/mol. The summed E-state index contributed by atoms with van der Waals surface area (Å²) in [5, 5.41) is -13.0. The molecule has 158 valence electrons. The first-order valence-corrected chi connectivity index (χ1v) is 11.4. The summed E-state index contributed by atoms with van der Waals surface area (Å²) in [5.41, 5.74) is -1.19. The summed E-state index contributed by atoms with van der Waals surface area (Å²) in [6, 6.07) is 0. The molecule has 0 radical (unpaired) electrons. The number of hydrogen-bond donors (Lipinski definition) is 1. The average molecular weight is 444 g/mol. The fraction of sp³-hybridized carbons (Fsp3) is 1.00. The van der Waals surface area contributed by atoms with Gasteiger partial charge in [-0.05, 0) is 61.7 Å². The van der Waals surface area contributed by atoms with Crippen molar-refractivity contribution in [3.63, 3.8) is 0 Å². The standard InChI is InChI=1S/C14H18F6O5S2/c15-12(16,14(19,20)27(23,24)25)13(17,18)26(21,22)7-11-4-8-1-9(5-11)3-10(2-8)6-11/h8-10H,1-7H2,(H,23,24,25). The van der Waals surface area contributed by atoms with Crippen LogP contribution in [0.3, 0.4) is 0 Å². The van der Waals surface area contributed by atoms with Crippen LogP contribution in [0.1, 0.15) is 38.5 Å². The van der Waals surface area contributed by atoms with Crippen LogP contribution in [0.15, 0.2) is 0 Å². The van der Waals surface area contributed by atoms with E-state index in [-0.39, 0.29) is 37.0 Å². The van der Waals surface area contributed by atoms with E-state index in [4.69, 9.17) is 4.55 Å². The Morgan fingerprint density at radius 2 is 1.15 bits per heavy atom. The zero-order valence-electron chi connectivity index (χ0n) is 13.8. The van der Waals surface area contributed by atoms with Gasteiger partial charge in [-0.15, -0.1) is 0 Å². The molecule has 0 unspecified atom stereocenters. The Balaban J connectivity index is 1.94. The van der Waals surface area contributed by atoms with Gasteiger partial charge in [0.25, 0.3) is 0 Å². The minimum absolute atomic E-state index is 0.0832. The van der Waals surface area contributed by atoms with Crippen molar-refractivity contribution in [2.75, 3.05) is 5.75 Å². The fourth-order valence-corrected chi connectivity index (χ4v) is 7.86. The lowest BCUT2D eigenvalue weighted by molar-refractivity contribution is -0.245. The van der Waals surface area contributed by atoms with Crippen LogP contribution in [0.4, 0.5) is 26.3 Å². The van der Waals surface area contributed by atoms with Crippen LogP contribution in [-0.4, -0.2) is 43.6 Å². The van der Waals surface area contributed by atoms with Crippen LogP contribution in [0.5, 0.6) is 0 Å². The van der Waals surface area contributed by atoms with Gasteiger partial charge < -0.3 is 0 Å². The number of halogens is 6. The van der Waals surface area contributed by atoms with E-state index in [0.717, 1.165) is 19.3 Å². The average Bonchev–Trinajstić information content (AvgIpc) is 2.42. The van der Waals surface area contributed by atoms with E-state index >= 15 is 0 Å². The molecule has 4 fully saturated rings. The summed E-state index contributed by atoms with van der Waals surface area (Å²) in [4.78, 5) is 0. The predicted octanol–water partition coefficient (Wildman–Crippen LogP) is 3.33. The highest BCUT2D eigenvalue weighted by atomic mass is 32.2. The van der Waals surface area contributed by atoms with Crippen LogP contribution in [0.2, 0.25) is 0 Å². The van der Waals surface area contributed by atoms with Gasteiger partial charge in [-0.25, -0.2) is 8.42 Å². The maximum Gasteiger partial charge on any atom is 0.439 e. The molecule has 0 aromatic rings. The molecule has 4 saturated carbocycles. The van der Waals surface area contributed by atoms with Crippen LogP contribution in [0.25, 0.3) is 0 Å². The first kappa shape index (κ1) is 21.2. The van der Waals surface area contributed by atoms with Crippen molar-refractivity contribution in [3.05, 3.63) is 0 Å². The maximum atomic E-state index is 14.1. The van der Waals surface area contributed by atoms with Gasteiger partial charge in [-0.1, -0.05) is 0 Å². The molecule has 0 amide bonds. The molecule has 4 rings (SSSR count). The first-order chi connectivity index (χ1) is 11.9. The second-order valence-corrected chi connectivity index (χ2v) is 11.8. The van der Waals surface area contributed by atoms with Crippen molar-refractivity contribution in [1.29, 1.82) is 0 Å². The summed E-state index contributed by atoms with van der Waals surface area (Å²) >= 11 is 0. The van der Waals surface area contributed by atoms with Crippen molar-refractivity contribution < 1.29 is 47.7 Å². The van der Waals surface area contributed by atoms with Gasteiger partial charge in [-0.2, -0.15) is 34.8 Å². The van der Waals surface area contributed by atoms with Crippen LogP contribution < -0.4 is 0 Å². The van der Waals surface area contributed by atoms with E-state index < -0.39 is 47.6 Å². The molecule has 0 spiro atoms. The Kier molecular flexibility index (Phi) is 4.50. The van der Waals surface area contributed by atoms with Crippen molar-refractivity contribution in [2.45, 2.75) is 55.0 Å². The van der Waals surface area contributed by atoms with Gasteiger partial charge in [-0.3, -0.25) is 4.55 Å². The molecule has 4 aliphatic carbocycles. The van der Waals surface area contributed by atoms with Gasteiger partial charge in [0.2, 0.25) is 9.84 Å². The molecule has 0 aromatic carbocycles. The Morgan fingerprint density at radius 3 is 1.48 bits per heavy atom. The lowest BCUT2D eigenvalue weighted by atomic mass is 9.50. The van der Waals surface area contributed by atoms with E-state index in [1.165, 1.54) is 0 Å². The largest absolute Gasteiger partial charge is 0.439 e. The SMILES string of the molecule is O=S(=O)(O)C(F)(F)C(F)(F)C(F)(F)S(=O)(=O)CC12CC3CC(CC(C3)C1)C2. The molecule has 0 atom stereocenters. The minimum atomic E-state index is -6.98. The van der Waals surface area contributed by atoms with Crippen molar-refractivity contribution in [3.8, 4) is 0 Å². The molecule has 4 aliphatic rings. The lowest BCUT2D eigenvalue weighted by Gasteiger charge is -2.56. The van der Waals surface area contributed by atoms with Gasteiger partial charge in [0.1, 0.15) is 0 Å². The maximum absolute atomic E-state index is 14.1. The van der Waals surface area contributed by atoms with Gasteiger partial charge in [0.15, 0.2) is 0 Å². The Labute approximate surface area is 152 Å². The molecule has 27 heavy (non-hydrogen) atoms. The summed E-state index contributed by atoms with van der Waals surface area (Å²) < 4.78 is 136. The van der Waals surface area contributed by atoms with Crippen molar-refractivity contribution in [2.24, 2.45) is 23.2 Å². The molecule has 5 nitrogen and oxygen atoms in total. The number of rotatable bonds is 6. The summed E-state index contributed by atoms with van der Waals surface area (Å²) in [7, 11) is -13.1. The number of alkyl halides is 6. The van der Waals surface area contributed by atoms with Crippen molar-refractivity contribution >= 4 is 20.0 Å². The van der Waals surface area contributed by atoms with Gasteiger partial charge >= 0.3 is 26.5 Å². The number of sulfone groups is 1. The number of hydrogen-bond acceptors (Lipinski definition) is 4. The molecule has 13 heteroatoms. The van der Waals surface area contributed by atoms with Crippen LogP contribution in [0, 0.1) is 23.2 Å². The topological polar surface area (TPSA) is 88.5 Å². The highest BCUT2D eigenvalue weighted by Crippen LogP contribution is 2.61. The zero-order chi connectivity index (χ0) is 20.7. The normalized spacial score (nSPS) is 34.9. The van der Waals surface area contributed by atoms with Crippen LogP contribution in [-0.2, 0) is 20.0 Å². The van der Waals surface area contributed by atoms with E-state index in [0.29, 0.717) is 0 Å². The summed E-state index contributed by atoms with van der Waals surface area (Å²) in [6.45, 7) is 0. The molecule has 0 aliphatic heterocycles. The second-order valence-electron chi connectivity index (χ2n) is 8.26. The Bertz CT molecular complexity index is 801. The predicted molar refractivity (Wildman–Crippen MR) is 80.8 cm³/mol. The van der Waals surface area contributed by atoms with E-state index in [1.807, 2.05) is 0 Å². The molecule has 4 bridgehead atoms. The summed E-state index contributed by atoms with van der Waals surface area (Å²) in [5.74, 6) is -8.01. The molecular formula is C14H18F6O5S2. The quantitative estimate of drug-likeness (QED) is 0.502. The third kappa shape index (κ3) is 2.98. The third-order valence-electron chi connectivity index (χ3n) is 6.11. The summed E-state index contributed by atoms with van der Waals surface area (Å²) in [6.07, 6.45) is 3.09. The Hall–Kier alpha value is -0.560. The highest BCUT2D eigenvalue weighted by Gasteiger charge is 2.82. The third-order valence-corrected chi connectivity index (χ3v) is 9.04. The molecule has 1 N–H and O–H groups in total. The molecule has 0 aromatic heterocycles.